The van der Waals surface area contributed by atoms with Crippen molar-refractivity contribution in [2.75, 3.05) is 6.54 Å². The molecule has 102 valence electrons. The van der Waals surface area contributed by atoms with Gasteiger partial charge in [-0.15, -0.1) is 6.42 Å². The Labute approximate surface area is 120 Å². The Kier molecular flexibility index (Phi) is 3.11. The highest BCUT2D eigenvalue weighted by atomic mass is 15.3. The van der Waals surface area contributed by atoms with Crippen LogP contribution in [0.4, 0.5) is 0 Å². The molecule has 1 aromatic rings. The molecule has 1 aliphatic carbocycles. The second-order valence-electron chi connectivity index (χ2n) is 5.76. The molecule has 1 aliphatic heterocycles. The third-order valence-electron chi connectivity index (χ3n) is 4.15. The van der Waals surface area contributed by atoms with Gasteiger partial charge in [-0.1, -0.05) is 18.6 Å². The first-order chi connectivity index (χ1) is 9.65. The molecule has 2 aliphatic rings. The van der Waals surface area contributed by atoms with E-state index in [1.807, 2.05) is 30.0 Å². The molecular weight excluding hydrogens is 246 g/mol. The number of nitrogens with zero attached hydrogens (tertiary/aromatic N) is 2. The highest BCUT2D eigenvalue weighted by molar-refractivity contribution is 5.64. The second-order valence-corrected chi connectivity index (χ2v) is 5.76. The van der Waals surface area contributed by atoms with Crippen LogP contribution >= 0.6 is 0 Å². The Hall–Kier alpha value is -2.05. The number of hydrogen-bond acceptors (Lipinski definition) is 2. The van der Waals surface area contributed by atoms with Crippen molar-refractivity contribution in [3.8, 4) is 12.3 Å². The van der Waals surface area contributed by atoms with Gasteiger partial charge >= 0.3 is 0 Å². The summed E-state index contributed by atoms with van der Waals surface area (Å²) >= 11 is 0. The van der Waals surface area contributed by atoms with Gasteiger partial charge in [0.2, 0.25) is 0 Å². The molecule has 1 N–H and O–H groups in total. The van der Waals surface area contributed by atoms with Crippen molar-refractivity contribution >= 4 is 5.70 Å². The van der Waals surface area contributed by atoms with Gasteiger partial charge in [0.1, 0.15) is 0 Å². The maximum absolute atomic E-state index is 5.24. The van der Waals surface area contributed by atoms with Gasteiger partial charge in [-0.2, -0.15) is 5.10 Å². The van der Waals surface area contributed by atoms with Crippen molar-refractivity contribution in [2.24, 2.45) is 0 Å². The van der Waals surface area contributed by atoms with Gasteiger partial charge in [-0.05, 0) is 43.6 Å². The van der Waals surface area contributed by atoms with Gasteiger partial charge in [0.15, 0.2) is 0 Å². The van der Waals surface area contributed by atoms with Crippen LogP contribution in [0.15, 0.2) is 42.6 Å². The average molecular weight is 265 g/mol. The Morgan fingerprint density at radius 3 is 3.00 bits per heavy atom. The first-order valence-corrected chi connectivity index (χ1v) is 6.93. The largest absolute Gasteiger partial charge is 0.308 e. The fourth-order valence-electron chi connectivity index (χ4n) is 2.92. The van der Waals surface area contributed by atoms with Gasteiger partial charge < -0.3 is 5.32 Å². The highest BCUT2D eigenvalue weighted by Gasteiger charge is 2.53. The summed E-state index contributed by atoms with van der Waals surface area (Å²) in [5.74, 6) is 3.08. The molecule has 1 aromatic heterocycles. The van der Waals surface area contributed by atoms with Crippen LogP contribution in [0.3, 0.4) is 0 Å². The quantitative estimate of drug-likeness (QED) is 0.516. The SMILES string of the molecule is C#C/C=C\C=C(/C(=C)C)n1nccc1C1CC2(CN2)C1. The molecule has 3 nitrogen and oxygen atoms in total. The molecule has 2 fully saturated rings. The molecule has 1 saturated heterocycles. The normalized spacial score (nSPS) is 28.4. The zero-order valence-corrected chi connectivity index (χ0v) is 11.8. The summed E-state index contributed by atoms with van der Waals surface area (Å²) in [5, 5.41) is 7.93. The summed E-state index contributed by atoms with van der Waals surface area (Å²) in [7, 11) is 0. The number of nitrogens with one attached hydrogen (secondary N) is 1. The van der Waals surface area contributed by atoms with E-state index in [-0.39, 0.29) is 0 Å². The third kappa shape index (κ3) is 2.23. The van der Waals surface area contributed by atoms with E-state index in [9.17, 15) is 0 Å². The van der Waals surface area contributed by atoms with E-state index in [1.165, 1.54) is 25.1 Å². The fraction of sp³-hybridized carbons (Fsp3) is 0.353. The standard InChI is InChI=1S/C17H19N3/c1-4-5-6-7-15(13(2)3)20-16(8-9-19-20)14-10-17(11-14)12-18-17/h1,5-9,14,18H,2,10-12H2,3H3/b6-5-,15-7+. The molecule has 0 unspecified atom stereocenters. The summed E-state index contributed by atoms with van der Waals surface area (Å²) < 4.78 is 2.00. The average Bonchev–Trinajstić information content (AvgIpc) is 3.05. The molecule has 0 radical (unpaired) electrons. The van der Waals surface area contributed by atoms with E-state index in [2.05, 4.69) is 29.0 Å². The van der Waals surface area contributed by atoms with Gasteiger partial charge in [0.25, 0.3) is 0 Å². The van der Waals surface area contributed by atoms with Crippen LogP contribution in [0.25, 0.3) is 5.70 Å². The van der Waals surface area contributed by atoms with E-state index < -0.39 is 0 Å². The third-order valence-corrected chi connectivity index (χ3v) is 4.15. The van der Waals surface area contributed by atoms with Gasteiger partial charge in [0, 0.05) is 29.9 Å². The Balaban J connectivity index is 1.86. The molecule has 0 amide bonds. The van der Waals surface area contributed by atoms with E-state index in [1.54, 1.807) is 6.08 Å². The van der Waals surface area contributed by atoms with Crippen LogP contribution in [0, 0.1) is 12.3 Å². The molecule has 3 heteroatoms. The second kappa shape index (κ2) is 4.81. The number of hydrogen-bond donors (Lipinski definition) is 1. The van der Waals surface area contributed by atoms with Gasteiger partial charge in [-0.25, -0.2) is 4.68 Å². The molecule has 1 spiro atoms. The predicted molar refractivity (Wildman–Crippen MR) is 82.0 cm³/mol. The Morgan fingerprint density at radius 2 is 2.40 bits per heavy atom. The van der Waals surface area contributed by atoms with Crippen LogP contribution in [-0.4, -0.2) is 21.9 Å². The molecule has 0 atom stereocenters. The lowest BCUT2D eigenvalue weighted by Gasteiger charge is -2.35. The number of terminal acetylenes is 1. The Bertz CT molecular complexity index is 627. The molecule has 3 rings (SSSR count). The predicted octanol–water partition coefficient (Wildman–Crippen LogP) is 2.71. The van der Waals surface area contributed by atoms with Crippen molar-refractivity contribution < 1.29 is 0 Å². The summed E-state index contributed by atoms with van der Waals surface area (Å²) in [6.07, 6.45) is 15.0. The summed E-state index contributed by atoms with van der Waals surface area (Å²) in [6, 6.07) is 2.11. The molecule has 0 bridgehead atoms. The minimum absolute atomic E-state index is 0.455. The van der Waals surface area contributed by atoms with Gasteiger partial charge in [-0.3, -0.25) is 0 Å². The van der Waals surface area contributed by atoms with Crippen LogP contribution < -0.4 is 5.32 Å². The maximum atomic E-state index is 5.24. The molecule has 0 aromatic carbocycles. The van der Waals surface area contributed by atoms with Crippen LogP contribution in [0.1, 0.15) is 31.4 Å². The van der Waals surface area contributed by atoms with Crippen molar-refractivity contribution in [1.29, 1.82) is 0 Å². The zero-order chi connectivity index (χ0) is 14.2. The summed E-state index contributed by atoms with van der Waals surface area (Å²) in [6.45, 7) is 7.21. The lowest BCUT2D eigenvalue weighted by molar-refractivity contribution is 0.308. The summed E-state index contributed by atoms with van der Waals surface area (Å²) in [4.78, 5) is 0. The van der Waals surface area contributed by atoms with E-state index in [0.29, 0.717) is 11.5 Å². The minimum atomic E-state index is 0.455. The van der Waals surface area contributed by atoms with Crippen LogP contribution in [0.2, 0.25) is 0 Å². The first-order valence-electron chi connectivity index (χ1n) is 6.93. The van der Waals surface area contributed by atoms with E-state index in [0.717, 1.165) is 11.3 Å². The molecule has 20 heavy (non-hydrogen) atoms. The van der Waals surface area contributed by atoms with Crippen molar-refractivity contribution in [2.45, 2.75) is 31.2 Å². The maximum Gasteiger partial charge on any atom is 0.0672 e. The molecule has 1 saturated carbocycles. The van der Waals surface area contributed by atoms with Gasteiger partial charge in [0.05, 0.1) is 5.70 Å². The smallest absolute Gasteiger partial charge is 0.0672 e. The minimum Gasteiger partial charge on any atom is -0.308 e. The lowest BCUT2D eigenvalue weighted by atomic mass is 9.72. The number of allylic oxidation sites excluding steroid dienone is 5. The van der Waals surface area contributed by atoms with Crippen LogP contribution in [-0.2, 0) is 0 Å². The highest BCUT2D eigenvalue weighted by Crippen LogP contribution is 2.50. The molecule has 2 heterocycles. The zero-order valence-electron chi connectivity index (χ0n) is 11.8. The van der Waals surface area contributed by atoms with Crippen molar-refractivity contribution in [3.63, 3.8) is 0 Å². The Morgan fingerprint density at radius 1 is 1.65 bits per heavy atom. The fourth-order valence-corrected chi connectivity index (χ4v) is 2.92. The van der Waals surface area contributed by atoms with Crippen LogP contribution in [0.5, 0.6) is 0 Å². The summed E-state index contributed by atoms with van der Waals surface area (Å²) in [5.41, 5.74) is 3.71. The molecular formula is C17H19N3. The first kappa shape index (κ1) is 13.0. The number of aromatic nitrogens is 2. The number of rotatable bonds is 4. The van der Waals surface area contributed by atoms with Crippen molar-refractivity contribution in [1.82, 2.24) is 15.1 Å². The van der Waals surface area contributed by atoms with E-state index in [4.69, 9.17) is 6.42 Å². The monoisotopic (exact) mass is 265 g/mol. The lowest BCUT2D eigenvalue weighted by Crippen LogP contribution is -2.34. The topological polar surface area (TPSA) is 39.8 Å². The van der Waals surface area contributed by atoms with Crippen molar-refractivity contribution in [3.05, 3.63) is 48.3 Å². The van der Waals surface area contributed by atoms with E-state index >= 15 is 0 Å².